The molecule has 1 fully saturated rings. The fraction of sp³-hybridized carbons (Fsp3) is 0.308. The van der Waals surface area contributed by atoms with E-state index in [0.717, 1.165) is 22.2 Å². The summed E-state index contributed by atoms with van der Waals surface area (Å²) in [6.07, 6.45) is 3.19. The first-order valence-corrected chi connectivity index (χ1v) is 7.48. The first kappa shape index (κ1) is 16.0. The molecule has 0 bridgehead atoms. The molecule has 1 aliphatic rings. The van der Waals surface area contributed by atoms with Gasteiger partial charge in [-0.15, -0.1) is 0 Å². The van der Waals surface area contributed by atoms with Crippen LogP contribution in [0.2, 0.25) is 0 Å². The van der Waals surface area contributed by atoms with Crippen molar-refractivity contribution < 1.29 is 19.2 Å². The molecule has 1 aliphatic heterocycles. The Hall–Kier alpha value is -2.42. The standard InChI is InChI=1S/C13H14N4O4S/c18-10-8-22-13(21)17(10)5-4-15-11(19)12(20)16-7-9-2-1-3-14-6-9/h1-3,6H,4-5,7-8H2,(H,15,19)(H,16,20). The first-order chi connectivity index (χ1) is 10.6. The van der Waals surface area contributed by atoms with Crippen molar-refractivity contribution in [3.8, 4) is 0 Å². The third-order valence-electron chi connectivity index (χ3n) is 2.84. The van der Waals surface area contributed by atoms with E-state index in [0.29, 0.717) is 0 Å². The van der Waals surface area contributed by atoms with E-state index in [-0.39, 0.29) is 36.5 Å². The summed E-state index contributed by atoms with van der Waals surface area (Å²) in [5.74, 6) is -1.75. The molecule has 0 spiro atoms. The Morgan fingerprint density at radius 3 is 2.68 bits per heavy atom. The molecule has 0 aromatic carbocycles. The average Bonchev–Trinajstić information content (AvgIpc) is 2.85. The zero-order valence-electron chi connectivity index (χ0n) is 11.6. The zero-order valence-corrected chi connectivity index (χ0v) is 12.4. The molecule has 4 amide bonds. The second-order valence-electron chi connectivity index (χ2n) is 4.40. The van der Waals surface area contributed by atoms with Gasteiger partial charge in [0.1, 0.15) is 0 Å². The van der Waals surface area contributed by atoms with Crippen LogP contribution in [0.3, 0.4) is 0 Å². The van der Waals surface area contributed by atoms with Crippen LogP contribution in [-0.2, 0) is 20.9 Å². The number of nitrogens with zero attached hydrogens (tertiary/aromatic N) is 2. The van der Waals surface area contributed by atoms with Crippen LogP contribution in [-0.4, -0.2) is 51.7 Å². The molecule has 9 heteroatoms. The minimum Gasteiger partial charge on any atom is -0.346 e. The lowest BCUT2D eigenvalue weighted by molar-refractivity contribution is -0.139. The Labute approximate surface area is 130 Å². The van der Waals surface area contributed by atoms with Crippen LogP contribution in [0, 0.1) is 0 Å². The van der Waals surface area contributed by atoms with Crippen molar-refractivity contribution in [1.29, 1.82) is 0 Å². The number of nitrogens with one attached hydrogen (secondary N) is 2. The highest BCUT2D eigenvalue weighted by Gasteiger charge is 2.29. The summed E-state index contributed by atoms with van der Waals surface area (Å²) in [7, 11) is 0. The monoisotopic (exact) mass is 322 g/mol. The molecular formula is C13H14N4O4S. The van der Waals surface area contributed by atoms with Gasteiger partial charge in [-0.25, -0.2) is 0 Å². The Kier molecular flexibility index (Phi) is 5.48. The number of thioether (sulfide) groups is 1. The molecule has 8 nitrogen and oxygen atoms in total. The van der Waals surface area contributed by atoms with Gasteiger partial charge in [0.15, 0.2) is 0 Å². The maximum atomic E-state index is 11.6. The van der Waals surface area contributed by atoms with Gasteiger partial charge in [-0.1, -0.05) is 17.8 Å². The van der Waals surface area contributed by atoms with E-state index < -0.39 is 11.8 Å². The number of carbonyl (C=O) groups is 4. The quantitative estimate of drug-likeness (QED) is 0.708. The predicted molar refractivity (Wildman–Crippen MR) is 78.7 cm³/mol. The van der Waals surface area contributed by atoms with E-state index in [1.807, 2.05) is 0 Å². The number of aromatic nitrogens is 1. The minimum absolute atomic E-state index is 0.0389. The zero-order chi connectivity index (χ0) is 15.9. The van der Waals surface area contributed by atoms with Crippen molar-refractivity contribution in [3.05, 3.63) is 30.1 Å². The largest absolute Gasteiger partial charge is 0.346 e. The van der Waals surface area contributed by atoms with Crippen LogP contribution >= 0.6 is 11.8 Å². The third-order valence-corrected chi connectivity index (χ3v) is 3.70. The SMILES string of the molecule is O=C(NCCN1C(=O)CSC1=O)C(=O)NCc1cccnc1. The topological polar surface area (TPSA) is 108 Å². The van der Waals surface area contributed by atoms with Crippen molar-refractivity contribution in [3.63, 3.8) is 0 Å². The molecule has 22 heavy (non-hydrogen) atoms. The van der Waals surface area contributed by atoms with Gasteiger partial charge in [0.2, 0.25) is 5.91 Å². The molecule has 0 unspecified atom stereocenters. The number of hydrogen-bond donors (Lipinski definition) is 2. The number of hydrogen-bond acceptors (Lipinski definition) is 6. The lowest BCUT2D eigenvalue weighted by atomic mass is 10.3. The molecule has 0 atom stereocenters. The Morgan fingerprint density at radius 2 is 2.05 bits per heavy atom. The molecule has 0 saturated carbocycles. The maximum absolute atomic E-state index is 11.6. The highest BCUT2D eigenvalue weighted by atomic mass is 32.2. The van der Waals surface area contributed by atoms with Crippen molar-refractivity contribution in [2.45, 2.75) is 6.54 Å². The maximum Gasteiger partial charge on any atom is 0.309 e. The van der Waals surface area contributed by atoms with Gasteiger partial charge in [0, 0.05) is 32.0 Å². The number of imide groups is 1. The molecule has 1 aromatic rings. The van der Waals surface area contributed by atoms with Crippen molar-refractivity contribution in [1.82, 2.24) is 20.5 Å². The van der Waals surface area contributed by atoms with Gasteiger partial charge in [0.05, 0.1) is 5.75 Å². The van der Waals surface area contributed by atoms with Crippen LogP contribution in [0.15, 0.2) is 24.5 Å². The van der Waals surface area contributed by atoms with Gasteiger partial charge < -0.3 is 10.6 Å². The summed E-state index contributed by atoms with van der Waals surface area (Å²) in [4.78, 5) is 50.8. The second-order valence-corrected chi connectivity index (χ2v) is 5.33. The number of pyridine rings is 1. The van der Waals surface area contributed by atoms with Crippen molar-refractivity contribution in [2.75, 3.05) is 18.8 Å². The average molecular weight is 322 g/mol. The molecule has 0 aliphatic carbocycles. The van der Waals surface area contributed by atoms with Crippen LogP contribution in [0.25, 0.3) is 0 Å². The van der Waals surface area contributed by atoms with Gasteiger partial charge in [-0.3, -0.25) is 29.1 Å². The molecule has 0 radical (unpaired) electrons. The molecule has 2 rings (SSSR count). The van der Waals surface area contributed by atoms with E-state index in [2.05, 4.69) is 15.6 Å². The smallest absolute Gasteiger partial charge is 0.309 e. The Morgan fingerprint density at radius 1 is 1.27 bits per heavy atom. The fourth-order valence-electron chi connectivity index (χ4n) is 1.72. The highest BCUT2D eigenvalue weighted by Crippen LogP contribution is 2.17. The van der Waals surface area contributed by atoms with Crippen molar-refractivity contribution in [2.24, 2.45) is 0 Å². The third kappa shape index (κ3) is 4.29. The van der Waals surface area contributed by atoms with Gasteiger partial charge in [-0.2, -0.15) is 0 Å². The van der Waals surface area contributed by atoms with E-state index in [4.69, 9.17) is 0 Å². The molecular weight excluding hydrogens is 308 g/mol. The second kappa shape index (κ2) is 7.55. The van der Waals surface area contributed by atoms with E-state index in [1.165, 1.54) is 0 Å². The number of rotatable bonds is 5. The summed E-state index contributed by atoms with van der Waals surface area (Å²) in [6.45, 7) is 0.295. The summed E-state index contributed by atoms with van der Waals surface area (Å²) in [6, 6.07) is 3.50. The fourth-order valence-corrected chi connectivity index (χ4v) is 2.48. The van der Waals surface area contributed by atoms with Crippen LogP contribution in [0.5, 0.6) is 0 Å². The molecule has 2 heterocycles. The lowest BCUT2D eigenvalue weighted by Gasteiger charge is -2.13. The van der Waals surface area contributed by atoms with E-state index in [9.17, 15) is 19.2 Å². The predicted octanol–water partition coefficient (Wildman–Crippen LogP) is -0.491. The Balaban J connectivity index is 1.69. The van der Waals surface area contributed by atoms with Crippen LogP contribution in [0.4, 0.5) is 4.79 Å². The van der Waals surface area contributed by atoms with E-state index >= 15 is 0 Å². The van der Waals surface area contributed by atoms with Crippen molar-refractivity contribution >= 4 is 34.7 Å². The summed E-state index contributed by atoms with van der Waals surface area (Å²) < 4.78 is 0. The van der Waals surface area contributed by atoms with Gasteiger partial charge in [-0.05, 0) is 11.6 Å². The van der Waals surface area contributed by atoms with Crippen LogP contribution in [0.1, 0.15) is 5.56 Å². The number of amides is 4. The number of carbonyl (C=O) groups excluding carboxylic acids is 4. The summed E-state index contributed by atoms with van der Waals surface area (Å²) in [5.41, 5.74) is 0.772. The molecule has 116 valence electrons. The molecule has 1 saturated heterocycles. The van der Waals surface area contributed by atoms with E-state index in [1.54, 1.807) is 24.5 Å². The summed E-state index contributed by atoms with van der Waals surface area (Å²) >= 11 is 0.924. The summed E-state index contributed by atoms with van der Waals surface area (Å²) in [5, 5.41) is 4.48. The Bertz CT molecular complexity index is 577. The molecule has 2 N–H and O–H groups in total. The lowest BCUT2D eigenvalue weighted by Crippen LogP contribution is -2.43. The highest BCUT2D eigenvalue weighted by molar-refractivity contribution is 8.14. The first-order valence-electron chi connectivity index (χ1n) is 6.50. The van der Waals surface area contributed by atoms with Gasteiger partial charge in [0.25, 0.3) is 5.24 Å². The minimum atomic E-state index is -0.810. The normalized spacial score (nSPS) is 14.1. The molecule has 1 aromatic heterocycles. The van der Waals surface area contributed by atoms with Gasteiger partial charge >= 0.3 is 11.8 Å². The van der Waals surface area contributed by atoms with Crippen LogP contribution < -0.4 is 10.6 Å².